The fourth-order valence-corrected chi connectivity index (χ4v) is 4.06. The number of hydrogen-bond acceptors (Lipinski definition) is 5. The van der Waals surface area contributed by atoms with Crippen LogP contribution in [0.2, 0.25) is 0 Å². The summed E-state index contributed by atoms with van der Waals surface area (Å²) >= 11 is 0. The quantitative estimate of drug-likeness (QED) is 0.830. The SMILES string of the molecule is CCN(c1ccccc1)c1ccc(S(=O)(=O)N2CCOCC2)cn1. The van der Waals surface area contributed by atoms with Crippen LogP contribution in [-0.2, 0) is 14.8 Å². The van der Waals surface area contributed by atoms with Crippen molar-refractivity contribution in [2.75, 3.05) is 37.7 Å². The summed E-state index contributed by atoms with van der Waals surface area (Å²) < 4.78 is 31.9. The van der Waals surface area contributed by atoms with Gasteiger partial charge in [-0.15, -0.1) is 0 Å². The highest BCUT2D eigenvalue weighted by Gasteiger charge is 2.26. The molecule has 0 bridgehead atoms. The Labute approximate surface area is 142 Å². The standard InChI is InChI=1S/C17H21N3O3S/c1-2-20(15-6-4-3-5-7-15)17-9-8-16(14-18-17)24(21,22)19-10-12-23-13-11-19/h3-9,14H,2,10-13H2,1H3. The normalized spacial score (nSPS) is 16.0. The lowest BCUT2D eigenvalue weighted by atomic mass is 10.3. The molecule has 1 fully saturated rings. The van der Waals surface area contributed by atoms with Crippen LogP contribution in [0.25, 0.3) is 0 Å². The molecule has 1 aliphatic rings. The number of hydrogen-bond donors (Lipinski definition) is 0. The van der Waals surface area contributed by atoms with Crippen molar-refractivity contribution in [3.05, 3.63) is 48.7 Å². The highest BCUT2D eigenvalue weighted by Crippen LogP contribution is 2.24. The van der Waals surface area contributed by atoms with Crippen LogP contribution in [0.4, 0.5) is 11.5 Å². The number of aromatic nitrogens is 1. The minimum absolute atomic E-state index is 0.220. The number of rotatable bonds is 5. The van der Waals surface area contributed by atoms with Crippen LogP contribution in [0.1, 0.15) is 6.92 Å². The van der Waals surface area contributed by atoms with Gasteiger partial charge < -0.3 is 9.64 Å². The Bertz CT molecular complexity index is 757. The van der Waals surface area contributed by atoms with Crippen molar-refractivity contribution in [1.29, 1.82) is 0 Å². The average molecular weight is 347 g/mol. The summed E-state index contributed by atoms with van der Waals surface area (Å²) in [7, 11) is -3.50. The molecule has 1 aromatic carbocycles. The van der Waals surface area contributed by atoms with Crippen LogP contribution in [0.15, 0.2) is 53.6 Å². The Morgan fingerprint density at radius 3 is 2.42 bits per heavy atom. The zero-order valence-electron chi connectivity index (χ0n) is 13.6. The van der Waals surface area contributed by atoms with Crippen LogP contribution in [0.3, 0.4) is 0 Å². The number of pyridine rings is 1. The van der Waals surface area contributed by atoms with Crippen molar-refractivity contribution >= 4 is 21.5 Å². The maximum atomic E-state index is 12.6. The van der Waals surface area contributed by atoms with Crippen LogP contribution in [0.5, 0.6) is 0 Å². The summed E-state index contributed by atoms with van der Waals surface area (Å²) in [6, 6.07) is 13.3. The van der Waals surface area contributed by atoms with Crippen molar-refractivity contribution in [2.45, 2.75) is 11.8 Å². The van der Waals surface area contributed by atoms with Gasteiger partial charge in [0.1, 0.15) is 10.7 Å². The molecule has 0 aliphatic carbocycles. The van der Waals surface area contributed by atoms with E-state index in [0.29, 0.717) is 26.3 Å². The molecule has 6 nitrogen and oxygen atoms in total. The Kier molecular flexibility index (Phi) is 5.13. The van der Waals surface area contributed by atoms with Gasteiger partial charge in [0.25, 0.3) is 0 Å². The van der Waals surface area contributed by atoms with Gasteiger partial charge in [-0.3, -0.25) is 0 Å². The van der Waals surface area contributed by atoms with E-state index >= 15 is 0 Å². The van der Waals surface area contributed by atoms with Gasteiger partial charge in [-0.2, -0.15) is 4.31 Å². The molecule has 0 radical (unpaired) electrons. The minimum atomic E-state index is -3.50. The number of nitrogens with zero attached hydrogens (tertiary/aromatic N) is 3. The molecule has 0 spiro atoms. The van der Waals surface area contributed by atoms with E-state index < -0.39 is 10.0 Å². The molecule has 24 heavy (non-hydrogen) atoms. The number of benzene rings is 1. The van der Waals surface area contributed by atoms with Crippen LogP contribution in [-0.4, -0.2) is 50.6 Å². The maximum absolute atomic E-state index is 12.6. The Morgan fingerprint density at radius 2 is 1.83 bits per heavy atom. The Hall–Kier alpha value is -1.96. The van der Waals surface area contributed by atoms with E-state index in [1.807, 2.05) is 42.2 Å². The van der Waals surface area contributed by atoms with Gasteiger partial charge in [0, 0.05) is 31.5 Å². The van der Waals surface area contributed by atoms with Crippen molar-refractivity contribution in [3.63, 3.8) is 0 Å². The Balaban J connectivity index is 1.84. The van der Waals surface area contributed by atoms with Crippen molar-refractivity contribution < 1.29 is 13.2 Å². The average Bonchev–Trinajstić information content (AvgIpc) is 2.64. The molecule has 7 heteroatoms. The van der Waals surface area contributed by atoms with Gasteiger partial charge >= 0.3 is 0 Å². The molecule has 0 saturated carbocycles. The fourth-order valence-electron chi connectivity index (χ4n) is 2.71. The lowest BCUT2D eigenvalue weighted by Crippen LogP contribution is -2.40. The van der Waals surface area contributed by atoms with E-state index in [-0.39, 0.29) is 4.90 Å². The molecule has 1 aliphatic heterocycles. The first-order valence-electron chi connectivity index (χ1n) is 7.99. The van der Waals surface area contributed by atoms with Gasteiger partial charge in [-0.05, 0) is 31.2 Å². The Morgan fingerprint density at radius 1 is 1.12 bits per heavy atom. The molecule has 2 heterocycles. The first kappa shape index (κ1) is 16.9. The molecule has 0 N–H and O–H groups in total. The topological polar surface area (TPSA) is 62.7 Å². The summed E-state index contributed by atoms with van der Waals surface area (Å²) in [5, 5.41) is 0. The van der Waals surface area contributed by atoms with Crippen LogP contribution in [0, 0.1) is 0 Å². The minimum Gasteiger partial charge on any atom is -0.379 e. The van der Waals surface area contributed by atoms with Crippen molar-refractivity contribution in [2.24, 2.45) is 0 Å². The summed E-state index contributed by atoms with van der Waals surface area (Å²) in [4.78, 5) is 6.63. The summed E-state index contributed by atoms with van der Waals surface area (Å²) in [6.45, 7) is 4.41. The van der Waals surface area contributed by atoms with Gasteiger partial charge in [0.2, 0.25) is 10.0 Å². The lowest BCUT2D eigenvalue weighted by molar-refractivity contribution is 0.0730. The van der Waals surface area contributed by atoms with E-state index in [4.69, 9.17) is 4.74 Å². The van der Waals surface area contributed by atoms with E-state index in [0.717, 1.165) is 18.1 Å². The first-order valence-corrected chi connectivity index (χ1v) is 9.43. The molecule has 128 valence electrons. The first-order chi connectivity index (χ1) is 11.6. The molecule has 0 atom stereocenters. The summed E-state index contributed by atoms with van der Waals surface area (Å²) in [6.07, 6.45) is 1.44. The number of morpholine rings is 1. The second kappa shape index (κ2) is 7.29. The molecule has 0 amide bonds. The predicted octanol–water partition coefficient (Wildman–Crippen LogP) is 2.26. The van der Waals surface area contributed by atoms with E-state index in [9.17, 15) is 8.42 Å². The molecule has 0 unspecified atom stereocenters. The highest BCUT2D eigenvalue weighted by molar-refractivity contribution is 7.89. The van der Waals surface area contributed by atoms with Crippen molar-refractivity contribution in [1.82, 2.24) is 9.29 Å². The molecule has 1 aromatic heterocycles. The van der Waals surface area contributed by atoms with E-state index in [1.165, 1.54) is 10.5 Å². The highest BCUT2D eigenvalue weighted by atomic mass is 32.2. The monoisotopic (exact) mass is 347 g/mol. The third-order valence-electron chi connectivity index (χ3n) is 3.99. The second-order valence-corrected chi connectivity index (χ2v) is 7.39. The van der Waals surface area contributed by atoms with Crippen molar-refractivity contribution in [3.8, 4) is 0 Å². The van der Waals surface area contributed by atoms with E-state index in [2.05, 4.69) is 4.98 Å². The zero-order valence-corrected chi connectivity index (χ0v) is 14.4. The fraction of sp³-hybridized carbons (Fsp3) is 0.353. The van der Waals surface area contributed by atoms with Gasteiger partial charge in [-0.1, -0.05) is 18.2 Å². The lowest BCUT2D eigenvalue weighted by Gasteiger charge is -2.26. The third-order valence-corrected chi connectivity index (χ3v) is 5.87. The number of anilines is 2. The largest absolute Gasteiger partial charge is 0.379 e. The predicted molar refractivity (Wildman–Crippen MR) is 92.9 cm³/mol. The summed E-state index contributed by atoms with van der Waals surface area (Å²) in [5.74, 6) is 0.727. The second-order valence-electron chi connectivity index (χ2n) is 5.45. The van der Waals surface area contributed by atoms with E-state index in [1.54, 1.807) is 12.1 Å². The zero-order chi connectivity index (χ0) is 17.0. The smallest absolute Gasteiger partial charge is 0.244 e. The van der Waals surface area contributed by atoms with Gasteiger partial charge in [0.15, 0.2) is 0 Å². The molecular formula is C17H21N3O3S. The number of sulfonamides is 1. The molecule has 1 saturated heterocycles. The van der Waals surface area contributed by atoms with Gasteiger partial charge in [0.05, 0.1) is 13.2 Å². The van der Waals surface area contributed by atoms with Crippen LogP contribution < -0.4 is 4.90 Å². The number of ether oxygens (including phenoxy) is 1. The number of para-hydroxylation sites is 1. The molecule has 2 aromatic rings. The summed E-state index contributed by atoms with van der Waals surface area (Å²) in [5.41, 5.74) is 1.02. The maximum Gasteiger partial charge on any atom is 0.244 e. The molecule has 3 rings (SSSR count). The van der Waals surface area contributed by atoms with Crippen LogP contribution >= 0.6 is 0 Å². The van der Waals surface area contributed by atoms with Gasteiger partial charge in [-0.25, -0.2) is 13.4 Å². The molecular weight excluding hydrogens is 326 g/mol. The third kappa shape index (κ3) is 3.43.